The van der Waals surface area contributed by atoms with Crippen molar-refractivity contribution >= 4 is 30.4 Å². The number of para-hydroxylation sites is 2. The van der Waals surface area contributed by atoms with Gasteiger partial charge in [-0.1, -0.05) is 116 Å². The zero-order chi connectivity index (χ0) is 24.0. The summed E-state index contributed by atoms with van der Waals surface area (Å²) in [5, 5.41) is 0. The lowest BCUT2D eigenvalue weighted by Gasteiger charge is -2.31. The third-order valence-corrected chi connectivity index (χ3v) is 7.23. The average Bonchev–Trinajstić information content (AvgIpc) is 3.13. The zero-order valence-corrected chi connectivity index (χ0v) is 20.1. The van der Waals surface area contributed by atoms with Crippen molar-refractivity contribution in [1.29, 1.82) is 0 Å². The zero-order valence-electron chi connectivity index (χ0n) is 20.1. The third kappa shape index (κ3) is 3.49. The topological polar surface area (TPSA) is 3.24 Å². The van der Waals surface area contributed by atoms with Gasteiger partial charge < -0.3 is 4.90 Å². The van der Waals surface area contributed by atoms with E-state index >= 15 is 0 Å². The Kier molecular flexibility index (Phi) is 5.11. The van der Waals surface area contributed by atoms with Crippen molar-refractivity contribution < 1.29 is 0 Å². The second-order valence-electron chi connectivity index (χ2n) is 9.68. The first-order valence-corrected chi connectivity index (χ1v) is 12.1. The monoisotopic (exact) mass is 447 g/mol. The first-order chi connectivity index (χ1) is 17.1. The second-order valence-corrected chi connectivity index (χ2v) is 9.68. The van der Waals surface area contributed by atoms with Gasteiger partial charge in [-0.25, -0.2) is 0 Å². The van der Waals surface area contributed by atoms with E-state index in [1.165, 1.54) is 33.4 Å². The summed E-state index contributed by atoms with van der Waals surface area (Å²) < 4.78 is 0. The SMILES string of the molecule is [B]c1ccccc1N(c1ccc2c(c1)C(C)(C)c1ccccc1-2)c1ccccc1-c1ccccc1. The molecule has 0 spiro atoms. The third-order valence-electron chi connectivity index (χ3n) is 7.23. The van der Waals surface area contributed by atoms with Crippen LogP contribution in [0.15, 0.2) is 121 Å². The standard InChI is InChI=1S/C33H26BN/c1-33(2)28-16-8-6-15-26(28)27-21-20-24(22-29(27)33)35(32-19-11-9-17-30(32)34)31-18-10-7-14-25(31)23-12-4-3-5-13-23/h3-22H,1-2H3. The van der Waals surface area contributed by atoms with Crippen molar-refractivity contribution in [3.63, 3.8) is 0 Å². The first kappa shape index (κ1) is 21.5. The molecule has 5 aromatic rings. The smallest absolute Gasteiger partial charge is 0.116 e. The van der Waals surface area contributed by atoms with Gasteiger partial charge in [-0.3, -0.25) is 0 Å². The molecule has 0 amide bonds. The van der Waals surface area contributed by atoms with Crippen LogP contribution in [-0.4, -0.2) is 7.85 Å². The Hall–Kier alpha value is -4.04. The molecule has 35 heavy (non-hydrogen) atoms. The van der Waals surface area contributed by atoms with Crippen molar-refractivity contribution in [2.24, 2.45) is 0 Å². The summed E-state index contributed by atoms with van der Waals surface area (Å²) >= 11 is 0. The van der Waals surface area contributed by atoms with E-state index in [1.807, 2.05) is 12.1 Å². The lowest BCUT2D eigenvalue weighted by Crippen LogP contribution is -2.21. The molecule has 0 unspecified atom stereocenters. The van der Waals surface area contributed by atoms with Crippen LogP contribution in [0.25, 0.3) is 22.3 Å². The van der Waals surface area contributed by atoms with E-state index in [9.17, 15) is 0 Å². The maximum Gasteiger partial charge on any atom is 0.116 e. The van der Waals surface area contributed by atoms with Crippen molar-refractivity contribution in [2.45, 2.75) is 19.3 Å². The van der Waals surface area contributed by atoms with Crippen LogP contribution in [0.4, 0.5) is 17.1 Å². The predicted molar refractivity (Wildman–Crippen MR) is 150 cm³/mol. The fraction of sp³-hybridized carbons (Fsp3) is 0.0909. The molecule has 0 aromatic heterocycles. The molecule has 0 N–H and O–H groups in total. The summed E-state index contributed by atoms with van der Waals surface area (Å²) in [4.78, 5) is 2.30. The van der Waals surface area contributed by atoms with Gasteiger partial charge in [-0.05, 0) is 52.1 Å². The lowest BCUT2D eigenvalue weighted by molar-refractivity contribution is 0.660. The molecule has 1 aliphatic rings. The van der Waals surface area contributed by atoms with Gasteiger partial charge in [0.2, 0.25) is 0 Å². The van der Waals surface area contributed by atoms with Gasteiger partial charge in [0.1, 0.15) is 7.85 Å². The van der Waals surface area contributed by atoms with E-state index < -0.39 is 0 Å². The molecule has 1 aliphatic carbocycles. The van der Waals surface area contributed by atoms with E-state index in [2.05, 4.69) is 128 Å². The molecule has 0 aliphatic heterocycles. The Morgan fingerprint density at radius 2 is 1.14 bits per heavy atom. The van der Waals surface area contributed by atoms with E-state index in [4.69, 9.17) is 7.85 Å². The Morgan fingerprint density at radius 3 is 1.91 bits per heavy atom. The van der Waals surface area contributed by atoms with Crippen LogP contribution in [0.1, 0.15) is 25.0 Å². The van der Waals surface area contributed by atoms with Gasteiger partial charge >= 0.3 is 0 Å². The van der Waals surface area contributed by atoms with Crippen LogP contribution in [0.3, 0.4) is 0 Å². The summed E-state index contributed by atoms with van der Waals surface area (Å²) in [6.07, 6.45) is 0. The Bertz CT molecular complexity index is 1530. The molecular formula is C33H26BN. The molecule has 2 heteroatoms. The molecule has 0 fully saturated rings. The highest BCUT2D eigenvalue weighted by molar-refractivity contribution is 6.36. The molecule has 6 rings (SSSR count). The fourth-order valence-corrected chi connectivity index (χ4v) is 5.46. The average molecular weight is 447 g/mol. The minimum atomic E-state index is -0.0746. The van der Waals surface area contributed by atoms with Gasteiger partial charge in [-0.2, -0.15) is 0 Å². The molecule has 2 radical (unpaired) electrons. The minimum absolute atomic E-state index is 0.0746. The number of rotatable bonds is 4. The summed E-state index contributed by atoms with van der Waals surface area (Å²) in [5.74, 6) is 0. The summed E-state index contributed by atoms with van der Waals surface area (Å²) in [6.45, 7) is 4.64. The quantitative estimate of drug-likeness (QED) is 0.253. The number of hydrogen-bond acceptors (Lipinski definition) is 1. The van der Waals surface area contributed by atoms with E-state index in [0.29, 0.717) is 0 Å². The van der Waals surface area contributed by atoms with Crippen LogP contribution in [-0.2, 0) is 5.41 Å². The van der Waals surface area contributed by atoms with Gasteiger partial charge in [0.25, 0.3) is 0 Å². The molecule has 5 aromatic carbocycles. The fourth-order valence-electron chi connectivity index (χ4n) is 5.46. The van der Waals surface area contributed by atoms with Crippen LogP contribution in [0.5, 0.6) is 0 Å². The Labute approximate surface area is 209 Å². The molecule has 166 valence electrons. The van der Waals surface area contributed by atoms with Crippen molar-refractivity contribution in [3.8, 4) is 22.3 Å². The first-order valence-electron chi connectivity index (χ1n) is 12.1. The van der Waals surface area contributed by atoms with Crippen LogP contribution < -0.4 is 10.4 Å². The minimum Gasteiger partial charge on any atom is -0.310 e. The summed E-state index contributed by atoms with van der Waals surface area (Å²) in [7, 11) is 6.58. The highest BCUT2D eigenvalue weighted by atomic mass is 15.1. The molecule has 0 bridgehead atoms. The van der Waals surface area contributed by atoms with Crippen molar-refractivity contribution in [3.05, 3.63) is 132 Å². The van der Waals surface area contributed by atoms with Crippen molar-refractivity contribution in [2.75, 3.05) is 4.90 Å². The van der Waals surface area contributed by atoms with Crippen LogP contribution in [0, 0.1) is 0 Å². The molecule has 0 atom stereocenters. The van der Waals surface area contributed by atoms with Gasteiger partial charge in [0.05, 0.1) is 5.69 Å². The van der Waals surface area contributed by atoms with E-state index in [0.717, 1.165) is 22.5 Å². The maximum absolute atomic E-state index is 6.58. The Balaban J connectivity index is 1.59. The van der Waals surface area contributed by atoms with E-state index in [-0.39, 0.29) is 5.41 Å². The summed E-state index contributed by atoms with van der Waals surface area (Å²) in [5.41, 5.74) is 11.6. The van der Waals surface area contributed by atoms with Crippen LogP contribution >= 0.6 is 0 Å². The Morgan fingerprint density at radius 1 is 0.543 bits per heavy atom. The number of hydrogen-bond donors (Lipinski definition) is 0. The number of nitrogens with zero attached hydrogens (tertiary/aromatic N) is 1. The van der Waals surface area contributed by atoms with Gasteiger partial charge in [0.15, 0.2) is 0 Å². The van der Waals surface area contributed by atoms with Gasteiger partial charge in [-0.15, -0.1) is 0 Å². The van der Waals surface area contributed by atoms with Crippen LogP contribution in [0.2, 0.25) is 0 Å². The highest BCUT2D eigenvalue weighted by Gasteiger charge is 2.35. The molecule has 0 saturated heterocycles. The van der Waals surface area contributed by atoms with Gasteiger partial charge in [0, 0.05) is 22.4 Å². The highest BCUT2D eigenvalue weighted by Crippen LogP contribution is 2.50. The number of fused-ring (bicyclic) bond motifs is 3. The molecular weight excluding hydrogens is 421 g/mol. The maximum atomic E-state index is 6.58. The molecule has 0 heterocycles. The number of benzene rings is 5. The normalized spacial score (nSPS) is 13.2. The van der Waals surface area contributed by atoms with Crippen molar-refractivity contribution in [1.82, 2.24) is 0 Å². The second kappa shape index (κ2) is 8.32. The number of anilines is 3. The largest absolute Gasteiger partial charge is 0.310 e. The van der Waals surface area contributed by atoms with E-state index in [1.54, 1.807) is 0 Å². The lowest BCUT2D eigenvalue weighted by atomic mass is 9.82. The molecule has 1 nitrogen and oxygen atoms in total. The summed E-state index contributed by atoms with van der Waals surface area (Å²) in [6, 6.07) is 42.8. The molecule has 0 saturated carbocycles. The predicted octanol–water partition coefficient (Wildman–Crippen LogP) is 7.92.